The Labute approximate surface area is 121 Å². The van der Waals surface area contributed by atoms with E-state index >= 15 is 0 Å². The van der Waals surface area contributed by atoms with E-state index in [-0.39, 0.29) is 6.10 Å². The lowest BCUT2D eigenvalue weighted by Crippen LogP contribution is -2.28. The third-order valence-electron chi connectivity index (χ3n) is 3.71. The molecule has 0 spiro atoms. The van der Waals surface area contributed by atoms with Gasteiger partial charge in [-0.2, -0.15) is 0 Å². The summed E-state index contributed by atoms with van der Waals surface area (Å²) >= 11 is 1.31. The highest BCUT2D eigenvalue weighted by atomic mass is 32.1. The van der Waals surface area contributed by atoms with Crippen LogP contribution < -0.4 is 5.32 Å². The van der Waals surface area contributed by atoms with Crippen molar-refractivity contribution in [1.82, 2.24) is 5.32 Å². The Morgan fingerprint density at radius 3 is 2.85 bits per heavy atom. The summed E-state index contributed by atoms with van der Waals surface area (Å²) in [6.45, 7) is 1.00. The molecule has 1 aliphatic carbocycles. The first-order valence-electron chi connectivity index (χ1n) is 6.79. The molecule has 5 heteroatoms. The van der Waals surface area contributed by atoms with Gasteiger partial charge in [-0.25, -0.2) is 4.79 Å². The largest absolute Gasteiger partial charge is 0.477 e. The number of fused-ring (bicyclic) bond motifs is 1. The van der Waals surface area contributed by atoms with Crippen molar-refractivity contribution in [3.63, 3.8) is 0 Å². The first-order valence-corrected chi connectivity index (χ1v) is 7.61. The third-order valence-corrected chi connectivity index (χ3v) is 4.91. The zero-order valence-corrected chi connectivity index (χ0v) is 11.8. The zero-order chi connectivity index (χ0) is 14.1. The Balaban J connectivity index is 1.77. The molecule has 0 amide bonds. The fourth-order valence-electron chi connectivity index (χ4n) is 2.44. The molecule has 1 aromatic carbocycles. The lowest BCUT2D eigenvalue weighted by Gasteiger charge is -2.10. The van der Waals surface area contributed by atoms with E-state index in [4.69, 9.17) is 0 Å². The van der Waals surface area contributed by atoms with Crippen LogP contribution >= 0.6 is 11.3 Å². The summed E-state index contributed by atoms with van der Waals surface area (Å²) in [5.41, 5.74) is 0.820. The third kappa shape index (κ3) is 2.70. The van der Waals surface area contributed by atoms with E-state index in [2.05, 4.69) is 5.32 Å². The molecule has 1 aliphatic rings. The van der Waals surface area contributed by atoms with Crippen LogP contribution in [0.3, 0.4) is 0 Å². The highest BCUT2D eigenvalue weighted by molar-refractivity contribution is 7.21. The first-order chi connectivity index (χ1) is 9.66. The summed E-state index contributed by atoms with van der Waals surface area (Å²) in [6.07, 6.45) is 1.89. The fourth-order valence-corrected chi connectivity index (χ4v) is 3.50. The maximum atomic E-state index is 11.3. The SMILES string of the molecule is O=C(O)c1sc2ccccc2c1CNCC(O)C1CC1. The topological polar surface area (TPSA) is 69.6 Å². The molecule has 1 heterocycles. The molecule has 1 saturated carbocycles. The van der Waals surface area contributed by atoms with Crippen molar-refractivity contribution >= 4 is 27.4 Å². The Morgan fingerprint density at radius 1 is 1.40 bits per heavy atom. The Kier molecular flexibility index (Phi) is 3.74. The van der Waals surface area contributed by atoms with Crippen LogP contribution in [0.5, 0.6) is 0 Å². The van der Waals surface area contributed by atoms with Gasteiger partial charge in [0.1, 0.15) is 4.88 Å². The summed E-state index contributed by atoms with van der Waals surface area (Å²) in [4.78, 5) is 11.7. The van der Waals surface area contributed by atoms with Gasteiger partial charge in [-0.05, 0) is 35.8 Å². The van der Waals surface area contributed by atoms with Gasteiger partial charge in [-0.1, -0.05) is 18.2 Å². The molecule has 0 saturated heterocycles. The molecule has 20 heavy (non-hydrogen) atoms. The number of carbonyl (C=O) groups is 1. The van der Waals surface area contributed by atoms with Gasteiger partial charge in [-0.15, -0.1) is 11.3 Å². The van der Waals surface area contributed by atoms with E-state index in [1.54, 1.807) is 0 Å². The van der Waals surface area contributed by atoms with Gasteiger partial charge in [0.2, 0.25) is 0 Å². The molecule has 3 rings (SSSR count). The second kappa shape index (κ2) is 5.52. The lowest BCUT2D eigenvalue weighted by atomic mass is 10.1. The summed E-state index contributed by atoms with van der Waals surface area (Å²) in [5, 5.41) is 23.3. The van der Waals surface area contributed by atoms with E-state index < -0.39 is 5.97 Å². The van der Waals surface area contributed by atoms with E-state index in [0.717, 1.165) is 28.5 Å². The molecule has 2 aromatic rings. The van der Waals surface area contributed by atoms with Crippen molar-refractivity contribution in [2.75, 3.05) is 6.54 Å². The highest BCUT2D eigenvalue weighted by Crippen LogP contribution is 2.33. The van der Waals surface area contributed by atoms with E-state index in [0.29, 0.717) is 23.9 Å². The quantitative estimate of drug-likeness (QED) is 0.764. The number of hydrogen-bond donors (Lipinski definition) is 3. The molecule has 1 atom stereocenters. The predicted molar refractivity (Wildman–Crippen MR) is 79.2 cm³/mol. The number of nitrogens with one attached hydrogen (secondary N) is 1. The average molecular weight is 291 g/mol. The number of carboxylic acids is 1. The molecule has 106 valence electrons. The van der Waals surface area contributed by atoms with Crippen LogP contribution in [0.2, 0.25) is 0 Å². The minimum absolute atomic E-state index is 0.312. The smallest absolute Gasteiger partial charge is 0.346 e. The second-order valence-corrected chi connectivity index (χ2v) is 6.30. The number of thiophene rings is 1. The van der Waals surface area contributed by atoms with Gasteiger partial charge in [-0.3, -0.25) is 0 Å². The molecule has 1 aromatic heterocycles. The molecule has 0 bridgehead atoms. The molecular formula is C15H17NO3S. The van der Waals surface area contributed by atoms with E-state index in [1.807, 2.05) is 24.3 Å². The number of rotatable bonds is 6. The van der Waals surface area contributed by atoms with Crippen molar-refractivity contribution in [1.29, 1.82) is 0 Å². The predicted octanol–water partition coefficient (Wildman–Crippen LogP) is 2.46. The summed E-state index contributed by atoms with van der Waals surface area (Å²) in [7, 11) is 0. The minimum Gasteiger partial charge on any atom is -0.477 e. The van der Waals surface area contributed by atoms with Gasteiger partial charge >= 0.3 is 5.97 Å². The molecule has 3 N–H and O–H groups in total. The van der Waals surface area contributed by atoms with Crippen molar-refractivity contribution in [3.05, 3.63) is 34.7 Å². The van der Waals surface area contributed by atoms with Crippen LogP contribution in [0.15, 0.2) is 24.3 Å². The van der Waals surface area contributed by atoms with Crippen LogP contribution in [-0.4, -0.2) is 28.8 Å². The van der Waals surface area contributed by atoms with Gasteiger partial charge in [0.25, 0.3) is 0 Å². The second-order valence-electron chi connectivity index (χ2n) is 5.25. The number of aromatic carboxylic acids is 1. The lowest BCUT2D eigenvalue weighted by molar-refractivity contribution is 0.0701. The maximum Gasteiger partial charge on any atom is 0.346 e. The average Bonchev–Trinajstić information content (AvgIpc) is 3.21. The van der Waals surface area contributed by atoms with Crippen molar-refractivity contribution < 1.29 is 15.0 Å². The number of carboxylic acid groups (broad SMARTS) is 1. The molecule has 1 unspecified atom stereocenters. The standard InChI is InChI=1S/C15H17NO3S/c17-12(9-5-6-9)8-16-7-11-10-3-1-2-4-13(10)20-14(11)15(18)19/h1-4,9,12,16-17H,5-8H2,(H,18,19). The number of aliphatic hydroxyl groups excluding tert-OH is 1. The Hall–Kier alpha value is -1.43. The van der Waals surface area contributed by atoms with Crippen LogP contribution in [0.25, 0.3) is 10.1 Å². The summed E-state index contributed by atoms with van der Waals surface area (Å²) in [5.74, 6) is -0.452. The minimum atomic E-state index is -0.884. The highest BCUT2D eigenvalue weighted by Gasteiger charge is 2.29. The Bertz CT molecular complexity index is 633. The number of aliphatic hydroxyl groups is 1. The number of benzene rings is 1. The molecular weight excluding hydrogens is 274 g/mol. The van der Waals surface area contributed by atoms with Gasteiger partial charge in [0.15, 0.2) is 0 Å². The van der Waals surface area contributed by atoms with Crippen LogP contribution in [0.1, 0.15) is 28.1 Å². The van der Waals surface area contributed by atoms with Crippen molar-refractivity contribution in [2.45, 2.75) is 25.5 Å². The monoisotopic (exact) mass is 291 g/mol. The van der Waals surface area contributed by atoms with Crippen LogP contribution in [0, 0.1) is 5.92 Å². The van der Waals surface area contributed by atoms with Crippen LogP contribution in [0.4, 0.5) is 0 Å². The Morgan fingerprint density at radius 2 is 2.15 bits per heavy atom. The first kappa shape index (κ1) is 13.5. The fraction of sp³-hybridized carbons (Fsp3) is 0.400. The van der Waals surface area contributed by atoms with Crippen molar-refractivity contribution in [2.24, 2.45) is 5.92 Å². The van der Waals surface area contributed by atoms with E-state index in [1.165, 1.54) is 11.3 Å². The molecule has 4 nitrogen and oxygen atoms in total. The van der Waals surface area contributed by atoms with Crippen molar-refractivity contribution in [3.8, 4) is 0 Å². The van der Waals surface area contributed by atoms with Gasteiger partial charge in [0, 0.05) is 17.8 Å². The molecule has 1 fully saturated rings. The normalized spacial score (nSPS) is 16.4. The maximum absolute atomic E-state index is 11.3. The number of hydrogen-bond acceptors (Lipinski definition) is 4. The van der Waals surface area contributed by atoms with Gasteiger partial charge in [0.05, 0.1) is 6.10 Å². The molecule has 0 radical (unpaired) electrons. The summed E-state index contributed by atoms with van der Waals surface area (Å²) in [6, 6.07) is 7.73. The zero-order valence-electron chi connectivity index (χ0n) is 11.0. The van der Waals surface area contributed by atoms with Gasteiger partial charge < -0.3 is 15.5 Å². The molecule has 0 aliphatic heterocycles. The van der Waals surface area contributed by atoms with Crippen LogP contribution in [-0.2, 0) is 6.54 Å². The summed E-state index contributed by atoms with van der Waals surface area (Å²) < 4.78 is 0.990. The van der Waals surface area contributed by atoms with E-state index in [9.17, 15) is 15.0 Å².